The van der Waals surface area contributed by atoms with E-state index in [4.69, 9.17) is 5.73 Å². The van der Waals surface area contributed by atoms with Crippen molar-refractivity contribution in [2.45, 2.75) is 32.1 Å². The highest BCUT2D eigenvalue weighted by Gasteiger charge is 2.44. The third kappa shape index (κ3) is 2.46. The van der Waals surface area contributed by atoms with Gasteiger partial charge in [0.05, 0.1) is 0 Å². The molecule has 0 aromatic carbocycles. The summed E-state index contributed by atoms with van der Waals surface area (Å²) in [5, 5.41) is 0. The molecular formula is C12H22IN3. The Balaban J connectivity index is 0.000000963. The van der Waals surface area contributed by atoms with E-state index in [0.717, 1.165) is 43.3 Å². The lowest BCUT2D eigenvalue weighted by atomic mass is 9.81. The zero-order valence-corrected chi connectivity index (χ0v) is 12.1. The van der Waals surface area contributed by atoms with E-state index in [0.29, 0.717) is 0 Å². The van der Waals surface area contributed by atoms with Crippen LogP contribution in [0.1, 0.15) is 32.1 Å². The Morgan fingerprint density at radius 2 is 2.00 bits per heavy atom. The molecule has 0 aromatic heterocycles. The maximum atomic E-state index is 5.90. The van der Waals surface area contributed by atoms with Crippen LogP contribution in [0.5, 0.6) is 0 Å². The normalized spacial score (nSPS) is 33.8. The van der Waals surface area contributed by atoms with Crippen molar-refractivity contribution in [1.82, 2.24) is 4.90 Å². The van der Waals surface area contributed by atoms with Crippen LogP contribution in [0, 0.1) is 17.8 Å². The number of nitrogens with zero attached hydrogens (tertiary/aromatic N) is 2. The van der Waals surface area contributed by atoms with Gasteiger partial charge in [-0.2, -0.15) is 0 Å². The molecule has 2 atom stereocenters. The number of rotatable bonds is 3. The monoisotopic (exact) mass is 335 g/mol. The molecule has 1 saturated heterocycles. The maximum absolute atomic E-state index is 5.90. The van der Waals surface area contributed by atoms with Crippen LogP contribution in [-0.4, -0.2) is 30.5 Å². The molecule has 0 bridgehead atoms. The van der Waals surface area contributed by atoms with Gasteiger partial charge in [0, 0.05) is 19.6 Å². The van der Waals surface area contributed by atoms with Gasteiger partial charge in [0.25, 0.3) is 0 Å². The molecule has 2 saturated carbocycles. The molecule has 1 aliphatic heterocycles. The molecule has 0 amide bonds. The van der Waals surface area contributed by atoms with E-state index in [2.05, 4.69) is 9.89 Å². The Morgan fingerprint density at radius 3 is 2.50 bits per heavy atom. The minimum Gasteiger partial charge on any atom is -0.370 e. The fraction of sp³-hybridized carbons (Fsp3) is 0.917. The van der Waals surface area contributed by atoms with Crippen LogP contribution >= 0.6 is 24.0 Å². The van der Waals surface area contributed by atoms with Gasteiger partial charge in [0.2, 0.25) is 0 Å². The highest BCUT2D eigenvalue weighted by molar-refractivity contribution is 14.0. The van der Waals surface area contributed by atoms with Crippen LogP contribution in [0.4, 0.5) is 0 Å². The summed E-state index contributed by atoms with van der Waals surface area (Å²) in [5.41, 5.74) is 5.90. The summed E-state index contributed by atoms with van der Waals surface area (Å²) in [6, 6.07) is 0. The van der Waals surface area contributed by atoms with E-state index in [1.165, 1.54) is 32.1 Å². The van der Waals surface area contributed by atoms with Gasteiger partial charge in [-0.1, -0.05) is 19.3 Å². The Kier molecular flexibility index (Phi) is 3.97. The van der Waals surface area contributed by atoms with Gasteiger partial charge in [-0.3, -0.25) is 4.99 Å². The van der Waals surface area contributed by atoms with Crippen LogP contribution < -0.4 is 5.73 Å². The van der Waals surface area contributed by atoms with Crippen LogP contribution in [0.25, 0.3) is 0 Å². The van der Waals surface area contributed by atoms with E-state index in [1.807, 2.05) is 0 Å². The van der Waals surface area contributed by atoms with E-state index < -0.39 is 0 Å². The van der Waals surface area contributed by atoms with Crippen molar-refractivity contribution in [2.75, 3.05) is 19.6 Å². The van der Waals surface area contributed by atoms with Crippen LogP contribution in [0.2, 0.25) is 0 Å². The number of hydrogen-bond donors (Lipinski definition) is 1. The third-order valence-electron chi connectivity index (χ3n) is 4.40. The minimum absolute atomic E-state index is 0. The standard InChI is InChI=1S/C12H21N3.HI/c13-12(15-5-2-6-15)14-8-10-7-11(10)9-3-1-4-9;/h9-11H,1-8H2,(H2,13,14);1H/t10-,11-;/m0./s1. The quantitative estimate of drug-likeness (QED) is 0.487. The molecule has 0 spiro atoms. The van der Waals surface area contributed by atoms with Gasteiger partial charge in [-0.25, -0.2) is 0 Å². The lowest BCUT2D eigenvalue weighted by Gasteiger charge is -2.31. The zero-order valence-electron chi connectivity index (χ0n) is 9.77. The maximum Gasteiger partial charge on any atom is 0.191 e. The summed E-state index contributed by atoms with van der Waals surface area (Å²) in [6.07, 6.45) is 7.12. The molecule has 0 radical (unpaired) electrons. The van der Waals surface area contributed by atoms with E-state index in [9.17, 15) is 0 Å². The topological polar surface area (TPSA) is 41.6 Å². The number of nitrogens with two attached hydrogens (primary N) is 1. The molecule has 3 fully saturated rings. The fourth-order valence-electron chi connectivity index (χ4n) is 2.78. The average Bonchev–Trinajstić information content (AvgIpc) is 2.74. The molecule has 0 aromatic rings. The summed E-state index contributed by atoms with van der Waals surface area (Å²) in [6.45, 7) is 3.22. The number of halogens is 1. The highest BCUT2D eigenvalue weighted by atomic mass is 127. The summed E-state index contributed by atoms with van der Waals surface area (Å²) in [4.78, 5) is 6.70. The second-order valence-electron chi connectivity index (χ2n) is 5.39. The molecule has 3 nitrogen and oxygen atoms in total. The van der Waals surface area contributed by atoms with Crippen molar-refractivity contribution in [3.63, 3.8) is 0 Å². The van der Waals surface area contributed by atoms with Crippen LogP contribution in [0.3, 0.4) is 0 Å². The predicted molar refractivity (Wildman–Crippen MR) is 77.0 cm³/mol. The second kappa shape index (κ2) is 5.10. The highest BCUT2D eigenvalue weighted by Crippen LogP contribution is 2.51. The molecule has 92 valence electrons. The van der Waals surface area contributed by atoms with Crippen LogP contribution in [-0.2, 0) is 0 Å². The molecule has 0 unspecified atom stereocenters. The largest absolute Gasteiger partial charge is 0.370 e. The third-order valence-corrected chi connectivity index (χ3v) is 4.40. The molecule has 2 aliphatic carbocycles. The number of guanidine groups is 1. The minimum atomic E-state index is 0. The van der Waals surface area contributed by atoms with Gasteiger partial charge in [0.15, 0.2) is 5.96 Å². The molecule has 4 heteroatoms. The molecular weight excluding hydrogens is 313 g/mol. The van der Waals surface area contributed by atoms with E-state index in [1.54, 1.807) is 0 Å². The fourth-order valence-corrected chi connectivity index (χ4v) is 2.78. The Labute approximate surface area is 115 Å². The Bertz CT molecular complexity index is 271. The molecule has 2 N–H and O–H groups in total. The van der Waals surface area contributed by atoms with Gasteiger partial charge in [0.1, 0.15) is 0 Å². The molecule has 3 aliphatic rings. The van der Waals surface area contributed by atoms with Crippen molar-refractivity contribution in [2.24, 2.45) is 28.5 Å². The van der Waals surface area contributed by atoms with Crippen molar-refractivity contribution >= 4 is 29.9 Å². The summed E-state index contributed by atoms with van der Waals surface area (Å²) >= 11 is 0. The SMILES string of the molecule is I.NC(=NC[C@@H]1C[C@H]1C1CCC1)N1CCC1. The first-order chi connectivity index (χ1) is 7.34. The molecule has 16 heavy (non-hydrogen) atoms. The van der Waals surface area contributed by atoms with Gasteiger partial charge >= 0.3 is 0 Å². The average molecular weight is 335 g/mol. The van der Waals surface area contributed by atoms with Gasteiger partial charge < -0.3 is 10.6 Å². The number of likely N-dealkylation sites (tertiary alicyclic amines) is 1. The number of hydrogen-bond acceptors (Lipinski definition) is 1. The van der Waals surface area contributed by atoms with Crippen molar-refractivity contribution in [3.05, 3.63) is 0 Å². The zero-order chi connectivity index (χ0) is 10.3. The Hall–Kier alpha value is 0. The first-order valence-corrected chi connectivity index (χ1v) is 6.39. The summed E-state index contributed by atoms with van der Waals surface area (Å²) < 4.78 is 0. The first-order valence-electron chi connectivity index (χ1n) is 6.39. The van der Waals surface area contributed by atoms with Crippen molar-refractivity contribution in [1.29, 1.82) is 0 Å². The van der Waals surface area contributed by atoms with Gasteiger partial charge in [-0.05, 0) is 30.6 Å². The lowest BCUT2D eigenvalue weighted by Crippen LogP contribution is -2.46. The van der Waals surface area contributed by atoms with Crippen molar-refractivity contribution in [3.8, 4) is 0 Å². The second-order valence-corrected chi connectivity index (χ2v) is 5.39. The van der Waals surface area contributed by atoms with Gasteiger partial charge in [-0.15, -0.1) is 24.0 Å². The molecule has 1 heterocycles. The number of aliphatic imine (C=N–C) groups is 1. The lowest BCUT2D eigenvalue weighted by molar-refractivity contribution is 0.266. The molecule has 3 rings (SSSR count). The summed E-state index contributed by atoms with van der Waals surface area (Å²) in [7, 11) is 0. The predicted octanol–water partition coefficient (Wildman–Crippen LogP) is 2.06. The van der Waals surface area contributed by atoms with E-state index >= 15 is 0 Å². The smallest absolute Gasteiger partial charge is 0.191 e. The van der Waals surface area contributed by atoms with E-state index in [-0.39, 0.29) is 24.0 Å². The van der Waals surface area contributed by atoms with Crippen LogP contribution in [0.15, 0.2) is 4.99 Å². The first kappa shape index (κ1) is 12.5. The Morgan fingerprint density at radius 1 is 1.25 bits per heavy atom. The summed E-state index contributed by atoms with van der Waals surface area (Å²) in [5.74, 6) is 3.72. The van der Waals surface area contributed by atoms with Crippen molar-refractivity contribution < 1.29 is 0 Å².